The summed E-state index contributed by atoms with van der Waals surface area (Å²) < 4.78 is 11.2. The molecule has 3 amide bonds. The van der Waals surface area contributed by atoms with Gasteiger partial charge in [0.2, 0.25) is 11.8 Å². The lowest BCUT2D eigenvalue weighted by Gasteiger charge is -2.26. The highest BCUT2D eigenvalue weighted by molar-refractivity contribution is 7.19. The molecule has 41 heavy (non-hydrogen) atoms. The van der Waals surface area contributed by atoms with E-state index in [1.165, 1.54) is 16.2 Å². The molecule has 210 valence electrons. The van der Waals surface area contributed by atoms with Crippen LogP contribution in [0.3, 0.4) is 0 Å². The first-order valence-corrected chi connectivity index (χ1v) is 14.8. The van der Waals surface area contributed by atoms with Crippen molar-refractivity contribution in [2.75, 3.05) is 13.2 Å². The Morgan fingerprint density at radius 2 is 1.76 bits per heavy atom. The lowest BCUT2D eigenvalue weighted by Crippen LogP contribution is -2.35. The molecule has 2 aromatic heterocycles. The van der Waals surface area contributed by atoms with Gasteiger partial charge in [0, 0.05) is 35.2 Å². The molecule has 2 aliphatic rings. The molecule has 2 aliphatic heterocycles. The Kier molecular flexibility index (Phi) is 7.64. The van der Waals surface area contributed by atoms with Crippen LogP contribution in [-0.4, -0.2) is 45.8 Å². The third kappa shape index (κ3) is 5.39. The standard InChI is InChI=1S/C31H28ClN3O5S/c1-2-39-21-10-8-20(9-11-21)27-28-22-14-15-34(31(38)40-18-19-6-4-3-5-7-19)17-24(22)41-30(28)33-23(29(27)32)16-35-25(36)12-13-26(35)37/h3-11H,2,12-18H2,1H3. The van der Waals surface area contributed by atoms with Crippen LogP contribution in [0.4, 0.5) is 4.79 Å². The summed E-state index contributed by atoms with van der Waals surface area (Å²) in [4.78, 5) is 47.3. The van der Waals surface area contributed by atoms with Crippen LogP contribution in [0.15, 0.2) is 54.6 Å². The van der Waals surface area contributed by atoms with E-state index in [9.17, 15) is 14.4 Å². The molecule has 6 rings (SSSR count). The molecule has 10 heteroatoms. The number of likely N-dealkylation sites (tertiary alicyclic amines) is 1. The van der Waals surface area contributed by atoms with Gasteiger partial charge in [0.1, 0.15) is 17.2 Å². The van der Waals surface area contributed by atoms with Crippen molar-refractivity contribution in [2.45, 2.75) is 45.9 Å². The molecule has 0 bridgehead atoms. The maximum absolute atomic E-state index is 12.9. The minimum atomic E-state index is -0.360. The number of pyridine rings is 1. The highest BCUT2D eigenvalue weighted by Gasteiger charge is 2.32. The molecule has 1 fully saturated rings. The Balaban J connectivity index is 1.36. The summed E-state index contributed by atoms with van der Waals surface area (Å²) in [5, 5.41) is 1.36. The second kappa shape index (κ2) is 11.5. The van der Waals surface area contributed by atoms with E-state index in [1.54, 1.807) is 4.90 Å². The van der Waals surface area contributed by atoms with Gasteiger partial charge in [0.15, 0.2) is 0 Å². The maximum atomic E-state index is 12.9. The molecule has 0 aliphatic carbocycles. The second-order valence-corrected chi connectivity index (χ2v) is 11.4. The van der Waals surface area contributed by atoms with Crippen molar-refractivity contribution in [2.24, 2.45) is 0 Å². The smallest absolute Gasteiger partial charge is 0.410 e. The fourth-order valence-electron chi connectivity index (χ4n) is 5.33. The number of rotatable bonds is 7. The van der Waals surface area contributed by atoms with E-state index in [4.69, 9.17) is 26.1 Å². The summed E-state index contributed by atoms with van der Waals surface area (Å²) in [5.74, 6) is 0.319. The zero-order valence-corrected chi connectivity index (χ0v) is 24.1. The molecule has 8 nitrogen and oxygen atoms in total. The van der Waals surface area contributed by atoms with Crippen molar-refractivity contribution < 1.29 is 23.9 Å². The quantitative estimate of drug-likeness (QED) is 0.233. The number of imide groups is 1. The van der Waals surface area contributed by atoms with Crippen LogP contribution in [0.5, 0.6) is 5.75 Å². The highest BCUT2D eigenvalue weighted by atomic mass is 35.5. The summed E-state index contributed by atoms with van der Waals surface area (Å²) in [7, 11) is 0. The summed E-state index contributed by atoms with van der Waals surface area (Å²) >= 11 is 8.56. The molecule has 4 heterocycles. The number of benzene rings is 2. The molecule has 1 saturated heterocycles. The van der Waals surface area contributed by atoms with Crippen molar-refractivity contribution in [1.29, 1.82) is 0 Å². The van der Waals surface area contributed by atoms with Crippen LogP contribution >= 0.6 is 22.9 Å². The van der Waals surface area contributed by atoms with Gasteiger partial charge in [0.05, 0.1) is 30.4 Å². The number of nitrogens with zero attached hydrogens (tertiary/aromatic N) is 3. The Bertz CT molecular complexity index is 1620. The summed E-state index contributed by atoms with van der Waals surface area (Å²) in [6, 6.07) is 17.3. The summed E-state index contributed by atoms with van der Waals surface area (Å²) in [6.07, 6.45) is 0.670. The lowest BCUT2D eigenvalue weighted by molar-refractivity contribution is -0.139. The van der Waals surface area contributed by atoms with E-state index in [2.05, 4.69) is 0 Å². The molecule has 0 N–H and O–H groups in total. The van der Waals surface area contributed by atoms with Gasteiger partial charge in [-0.15, -0.1) is 11.3 Å². The van der Waals surface area contributed by atoms with Crippen LogP contribution in [0, 0.1) is 0 Å². The van der Waals surface area contributed by atoms with E-state index in [1.807, 2.05) is 61.5 Å². The molecule has 4 aromatic rings. The van der Waals surface area contributed by atoms with Crippen LogP contribution in [-0.2, 0) is 40.4 Å². The number of thiophene rings is 1. The molecule has 0 spiro atoms. The fourth-order valence-corrected chi connectivity index (χ4v) is 6.90. The molecule has 0 saturated carbocycles. The molecule has 0 atom stereocenters. The molecule has 2 aromatic carbocycles. The van der Waals surface area contributed by atoms with Crippen molar-refractivity contribution in [3.63, 3.8) is 0 Å². The van der Waals surface area contributed by atoms with Gasteiger partial charge in [0.25, 0.3) is 0 Å². The average Bonchev–Trinajstić information content (AvgIpc) is 3.51. The fraction of sp³-hybridized carbons (Fsp3) is 0.290. The average molecular weight is 590 g/mol. The van der Waals surface area contributed by atoms with E-state index < -0.39 is 0 Å². The van der Waals surface area contributed by atoms with Gasteiger partial charge < -0.3 is 14.4 Å². The third-order valence-electron chi connectivity index (χ3n) is 7.38. The zero-order valence-electron chi connectivity index (χ0n) is 22.5. The predicted molar refractivity (Wildman–Crippen MR) is 157 cm³/mol. The van der Waals surface area contributed by atoms with Crippen molar-refractivity contribution in [3.8, 4) is 16.9 Å². The van der Waals surface area contributed by atoms with Crippen LogP contribution in [0.2, 0.25) is 5.02 Å². The first-order valence-electron chi connectivity index (χ1n) is 13.6. The van der Waals surface area contributed by atoms with Gasteiger partial charge in [-0.05, 0) is 42.2 Å². The van der Waals surface area contributed by atoms with E-state index >= 15 is 0 Å². The second-order valence-electron chi connectivity index (χ2n) is 9.97. The van der Waals surface area contributed by atoms with E-state index in [-0.39, 0.29) is 43.9 Å². The van der Waals surface area contributed by atoms with Crippen molar-refractivity contribution in [3.05, 3.63) is 81.3 Å². The maximum Gasteiger partial charge on any atom is 0.410 e. The Hall–Kier alpha value is -3.95. The first-order chi connectivity index (χ1) is 19.9. The molecule has 0 unspecified atom stereocenters. The lowest BCUT2D eigenvalue weighted by atomic mass is 9.96. The van der Waals surface area contributed by atoms with E-state index in [0.29, 0.717) is 36.8 Å². The number of amides is 3. The molecular weight excluding hydrogens is 562 g/mol. The minimum Gasteiger partial charge on any atom is -0.494 e. The van der Waals surface area contributed by atoms with Crippen molar-refractivity contribution in [1.82, 2.24) is 14.8 Å². The number of carbonyl (C=O) groups excluding carboxylic acids is 3. The number of ether oxygens (including phenoxy) is 2. The predicted octanol–water partition coefficient (Wildman–Crippen LogP) is 6.36. The highest BCUT2D eigenvalue weighted by Crippen LogP contribution is 2.45. The topological polar surface area (TPSA) is 89.0 Å². The monoisotopic (exact) mass is 589 g/mol. The van der Waals surface area contributed by atoms with Crippen LogP contribution in [0.1, 0.15) is 41.5 Å². The van der Waals surface area contributed by atoms with Gasteiger partial charge in [-0.25, -0.2) is 9.78 Å². The van der Waals surface area contributed by atoms with Gasteiger partial charge in [-0.3, -0.25) is 14.5 Å². The SMILES string of the molecule is CCOc1ccc(-c2c(Cl)c(CN3C(=O)CCC3=O)nc3sc4c(c23)CCN(C(=O)OCc2ccccc2)C4)cc1. The summed E-state index contributed by atoms with van der Waals surface area (Å²) in [6.45, 7) is 3.64. The Morgan fingerprint density at radius 3 is 2.46 bits per heavy atom. The van der Waals surface area contributed by atoms with Gasteiger partial charge in [-0.2, -0.15) is 0 Å². The van der Waals surface area contributed by atoms with Gasteiger partial charge in [-0.1, -0.05) is 54.1 Å². The Labute approximate surface area is 246 Å². The number of carbonyl (C=O) groups is 3. The largest absolute Gasteiger partial charge is 0.494 e. The first kappa shape index (κ1) is 27.2. The normalized spacial score (nSPS) is 15.0. The van der Waals surface area contributed by atoms with Crippen LogP contribution in [0.25, 0.3) is 21.3 Å². The number of aromatic nitrogens is 1. The minimum absolute atomic E-state index is 0.0248. The van der Waals surface area contributed by atoms with Crippen molar-refractivity contribution >= 4 is 51.1 Å². The van der Waals surface area contributed by atoms with Crippen LogP contribution < -0.4 is 4.74 Å². The number of fused-ring (bicyclic) bond motifs is 3. The molecule has 0 radical (unpaired) electrons. The van der Waals surface area contributed by atoms with E-state index in [0.717, 1.165) is 43.1 Å². The number of hydrogen-bond acceptors (Lipinski definition) is 7. The number of halogens is 1. The zero-order chi connectivity index (χ0) is 28.5. The Morgan fingerprint density at radius 1 is 1.02 bits per heavy atom. The number of hydrogen-bond donors (Lipinski definition) is 0. The van der Waals surface area contributed by atoms with Gasteiger partial charge >= 0.3 is 6.09 Å². The third-order valence-corrected chi connectivity index (χ3v) is 8.90. The molecular formula is C31H28ClN3O5S. The summed E-state index contributed by atoms with van der Waals surface area (Å²) in [5.41, 5.74) is 4.21.